The Labute approximate surface area is 94.6 Å². The number of alkyl carbamates (subject to hydrolysis) is 1. The summed E-state index contributed by atoms with van der Waals surface area (Å²) in [5, 5.41) is 2.55. The molecular formula is C12H14NO3. The summed E-state index contributed by atoms with van der Waals surface area (Å²) in [6.07, 6.45) is 2.21. The zero-order chi connectivity index (χ0) is 11.6. The molecule has 1 radical (unpaired) electrons. The number of amides is 1. The van der Waals surface area contributed by atoms with E-state index in [4.69, 9.17) is 4.74 Å². The molecule has 0 atom stereocenters. The minimum absolute atomic E-state index is 0.256. The summed E-state index contributed by atoms with van der Waals surface area (Å²) in [6.45, 7) is 0.690. The average Bonchev–Trinajstić information content (AvgIpc) is 2.33. The number of carbonyl (C=O) groups is 1. The first-order valence-electron chi connectivity index (χ1n) is 5.12. The normalized spacial score (nSPS) is 9.50. The molecule has 16 heavy (non-hydrogen) atoms. The summed E-state index contributed by atoms with van der Waals surface area (Å²) in [4.78, 5) is 21.0. The Morgan fingerprint density at radius 1 is 1.31 bits per heavy atom. The van der Waals surface area contributed by atoms with E-state index >= 15 is 0 Å². The van der Waals surface area contributed by atoms with Gasteiger partial charge in [-0.25, -0.2) is 4.79 Å². The van der Waals surface area contributed by atoms with E-state index in [-0.39, 0.29) is 6.61 Å². The molecule has 1 aromatic rings. The first kappa shape index (κ1) is 12.2. The number of ether oxygens (including phenoxy) is 1. The summed E-state index contributed by atoms with van der Waals surface area (Å²) >= 11 is 0. The van der Waals surface area contributed by atoms with Gasteiger partial charge in [-0.05, 0) is 12.0 Å². The van der Waals surface area contributed by atoms with Gasteiger partial charge in [0.05, 0.1) is 0 Å². The molecule has 1 amide bonds. The van der Waals surface area contributed by atoms with Gasteiger partial charge in [-0.1, -0.05) is 30.3 Å². The van der Waals surface area contributed by atoms with Crippen molar-refractivity contribution in [1.29, 1.82) is 0 Å². The van der Waals surface area contributed by atoms with Crippen molar-refractivity contribution >= 4 is 12.4 Å². The Morgan fingerprint density at radius 2 is 2.06 bits per heavy atom. The fourth-order valence-corrected chi connectivity index (χ4v) is 1.13. The molecule has 0 aromatic heterocycles. The van der Waals surface area contributed by atoms with Crippen LogP contribution in [0.15, 0.2) is 30.3 Å². The molecule has 85 valence electrons. The van der Waals surface area contributed by atoms with E-state index in [0.29, 0.717) is 19.4 Å². The zero-order valence-corrected chi connectivity index (χ0v) is 8.94. The highest BCUT2D eigenvalue weighted by Crippen LogP contribution is 2.00. The number of carbonyl (C=O) groups excluding carboxylic acids is 2. The van der Waals surface area contributed by atoms with Crippen molar-refractivity contribution in [1.82, 2.24) is 5.32 Å². The Hall–Kier alpha value is -1.84. The van der Waals surface area contributed by atoms with Crippen LogP contribution in [0.2, 0.25) is 0 Å². The molecule has 0 saturated carbocycles. The van der Waals surface area contributed by atoms with Crippen LogP contribution >= 0.6 is 0 Å². The molecule has 0 aliphatic rings. The van der Waals surface area contributed by atoms with Gasteiger partial charge in [-0.15, -0.1) is 0 Å². The van der Waals surface area contributed by atoms with Gasteiger partial charge in [0.1, 0.15) is 6.61 Å². The fourth-order valence-electron chi connectivity index (χ4n) is 1.13. The maximum absolute atomic E-state index is 11.1. The predicted octanol–water partition coefficient (Wildman–Crippen LogP) is 1.80. The lowest BCUT2D eigenvalue weighted by molar-refractivity contribution is 0.139. The van der Waals surface area contributed by atoms with Gasteiger partial charge in [0.2, 0.25) is 0 Å². The molecule has 4 nitrogen and oxygen atoms in total. The zero-order valence-electron chi connectivity index (χ0n) is 8.94. The standard InChI is InChI=1S/C12H14NO3/c14-9-5-4-8-13-12(15)16-10-11-6-2-1-3-7-11/h1-3,6-7H,4-5,8,10H2,(H,13,15). The van der Waals surface area contributed by atoms with Gasteiger partial charge < -0.3 is 10.1 Å². The van der Waals surface area contributed by atoms with E-state index in [9.17, 15) is 9.59 Å². The second-order valence-corrected chi connectivity index (χ2v) is 3.24. The molecule has 1 rings (SSSR count). The van der Waals surface area contributed by atoms with Gasteiger partial charge in [0.25, 0.3) is 0 Å². The third kappa shape index (κ3) is 5.14. The molecule has 0 spiro atoms. The van der Waals surface area contributed by atoms with Crippen LogP contribution in [-0.4, -0.2) is 18.9 Å². The van der Waals surface area contributed by atoms with Crippen molar-refractivity contribution in [2.24, 2.45) is 0 Å². The SMILES string of the molecule is O=[C]CCCNC(=O)OCc1ccccc1. The molecule has 0 aliphatic heterocycles. The molecule has 0 fully saturated rings. The second-order valence-electron chi connectivity index (χ2n) is 3.24. The molecule has 0 bridgehead atoms. The lowest BCUT2D eigenvalue weighted by atomic mass is 10.2. The first-order valence-corrected chi connectivity index (χ1v) is 5.12. The minimum Gasteiger partial charge on any atom is -0.445 e. The van der Waals surface area contributed by atoms with E-state index in [1.54, 1.807) is 6.29 Å². The fraction of sp³-hybridized carbons (Fsp3) is 0.333. The van der Waals surface area contributed by atoms with E-state index in [2.05, 4.69) is 5.32 Å². The van der Waals surface area contributed by atoms with Gasteiger partial charge in [-0.3, -0.25) is 4.79 Å². The van der Waals surface area contributed by atoms with Crippen molar-refractivity contribution in [3.8, 4) is 0 Å². The Kier molecular flexibility index (Phi) is 5.70. The third-order valence-corrected chi connectivity index (χ3v) is 1.94. The van der Waals surface area contributed by atoms with Gasteiger partial charge >= 0.3 is 6.09 Å². The second kappa shape index (κ2) is 7.45. The Bertz CT molecular complexity index is 324. The Balaban J connectivity index is 2.13. The minimum atomic E-state index is -0.463. The monoisotopic (exact) mass is 220 g/mol. The van der Waals surface area contributed by atoms with Crippen molar-refractivity contribution in [3.05, 3.63) is 35.9 Å². The van der Waals surface area contributed by atoms with Crippen LogP contribution < -0.4 is 5.32 Å². The molecule has 1 aromatic carbocycles. The van der Waals surface area contributed by atoms with Crippen LogP contribution in [0.5, 0.6) is 0 Å². The average molecular weight is 220 g/mol. The lowest BCUT2D eigenvalue weighted by Gasteiger charge is -2.05. The van der Waals surface area contributed by atoms with Crippen molar-refractivity contribution < 1.29 is 14.3 Å². The molecule has 0 aliphatic carbocycles. The summed E-state index contributed by atoms with van der Waals surface area (Å²) in [5.41, 5.74) is 0.943. The van der Waals surface area contributed by atoms with Gasteiger partial charge in [0.15, 0.2) is 6.29 Å². The number of nitrogens with one attached hydrogen (secondary N) is 1. The van der Waals surface area contributed by atoms with Crippen LogP contribution in [0, 0.1) is 0 Å². The molecule has 0 unspecified atom stereocenters. The number of rotatable bonds is 6. The van der Waals surface area contributed by atoms with E-state index < -0.39 is 6.09 Å². The first-order chi connectivity index (χ1) is 7.83. The van der Waals surface area contributed by atoms with Crippen LogP contribution in [-0.2, 0) is 16.1 Å². The molecule has 1 N–H and O–H groups in total. The highest BCUT2D eigenvalue weighted by Gasteiger charge is 2.00. The highest BCUT2D eigenvalue weighted by atomic mass is 16.5. The van der Waals surface area contributed by atoms with Crippen molar-refractivity contribution in [2.75, 3.05) is 6.54 Å². The van der Waals surface area contributed by atoms with Crippen LogP contribution in [0.1, 0.15) is 18.4 Å². The van der Waals surface area contributed by atoms with E-state index in [0.717, 1.165) is 5.56 Å². The van der Waals surface area contributed by atoms with E-state index in [1.165, 1.54) is 0 Å². The number of hydrogen-bond donors (Lipinski definition) is 1. The van der Waals surface area contributed by atoms with Gasteiger partial charge in [0, 0.05) is 13.0 Å². The maximum atomic E-state index is 11.1. The molecule has 0 saturated heterocycles. The van der Waals surface area contributed by atoms with Crippen LogP contribution in [0.25, 0.3) is 0 Å². The predicted molar refractivity (Wildman–Crippen MR) is 59.6 cm³/mol. The van der Waals surface area contributed by atoms with Crippen LogP contribution in [0.4, 0.5) is 4.79 Å². The topological polar surface area (TPSA) is 55.4 Å². The lowest BCUT2D eigenvalue weighted by Crippen LogP contribution is -2.25. The van der Waals surface area contributed by atoms with E-state index in [1.807, 2.05) is 30.3 Å². The smallest absolute Gasteiger partial charge is 0.407 e. The summed E-state index contributed by atoms with van der Waals surface area (Å²) in [5.74, 6) is 0. The van der Waals surface area contributed by atoms with Crippen LogP contribution in [0.3, 0.4) is 0 Å². The number of hydrogen-bond acceptors (Lipinski definition) is 3. The Morgan fingerprint density at radius 3 is 2.75 bits per heavy atom. The quantitative estimate of drug-likeness (QED) is 0.744. The summed E-state index contributed by atoms with van der Waals surface area (Å²) in [6, 6.07) is 9.44. The van der Waals surface area contributed by atoms with Gasteiger partial charge in [-0.2, -0.15) is 0 Å². The number of benzene rings is 1. The molecule has 4 heteroatoms. The molecular weight excluding hydrogens is 206 g/mol. The maximum Gasteiger partial charge on any atom is 0.407 e. The third-order valence-electron chi connectivity index (χ3n) is 1.94. The summed E-state index contributed by atoms with van der Waals surface area (Å²) < 4.78 is 4.96. The largest absolute Gasteiger partial charge is 0.445 e. The molecule has 0 heterocycles. The summed E-state index contributed by atoms with van der Waals surface area (Å²) in [7, 11) is 0. The number of unbranched alkanes of at least 4 members (excludes halogenated alkanes) is 1. The highest BCUT2D eigenvalue weighted by molar-refractivity contribution is 5.67. The van der Waals surface area contributed by atoms with Crippen molar-refractivity contribution in [3.63, 3.8) is 0 Å². The van der Waals surface area contributed by atoms with Crippen molar-refractivity contribution in [2.45, 2.75) is 19.4 Å².